The Morgan fingerprint density at radius 3 is 2.00 bits per heavy atom. The van der Waals surface area contributed by atoms with E-state index < -0.39 is 87.0 Å². The van der Waals surface area contributed by atoms with Crippen molar-refractivity contribution in [3.8, 4) is 11.5 Å². The van der Waals surface area contributed by atoms with E-state index in [0.29, 0.717) is 48.1 Å². The van der Waals surface area contributed by atoms with Crippen LogP contribution in [0.1, 0.15) is 92.9 Å². The molecular formula is C40H51F3N4O9S. The number of hydrogen-bond donors (Lipinski definition) is 4. The summed E-state index contributed by atoms with van der Waals surface area (Å²) in [6.45, 7) is 12.8. The maximum atomic E-state index is 14.2. The van der Waals surface area contributed by atoms with Gasteiger partial charge >= 0.3 is 6.18 Å². The van der Waals surface area contributed by atoms with Gasteiger partial charge in [-0.25, -0.2) is 13.1 Å². The van der Waals surface area contributed by atoms with Gasteiger partial charge in [-0.2, -0.15) is 13.2 Å². The Bertz CT molecular complexity index is 2060. The third kappa shape index (κ3) is 8.49. The van der Waals surface area contributed by atoms with Gasteiger partial charge in [0.25, 0.3) is 21.7 Å². The first-order valence-electron chi connectivity index (χ1n) is 19.1. The first-order valence-corrected chi connectivity index (χ1v) is 20.5. The van der Waals surface area contributed by atoms with Crippen molar-refractivity contribution >= 4 is 39.4 Å². The fourth-order valence-electron chi connectivity index (χ4n) is 8.14. The maximum absolute atomic E-state index is 14.2. The van der Waals surface area contributed by atoms with Crippen LogP contribution in [0.5, 0.6) is 11.5 Å². The van der Waals surface area contributed by atoms with E-state index in [1.807, 2.05) is 0 Å². The molecule has 1 unspecified atom stereocenters. The van der Waals surface area contributed by atoms with Crippen LogP contribution in [0.25, 0.3) is 0 Å². The average molecular weight is 821 g/mol. The Morgan fingerprint density at radius 1 is 0.877 bits per heavy atom. The number of amides is 4. The molecule has 3 aliphatic heterocycles. The van der Waals surface area contributed by atoms with E-state index in [1.54, 1.807) is 41.5 Å². The number of sulfonamides is 1. The molecule has 0 aromatic heterocycles. The number of benzene rings is 2. The highest BCUT2D eigenvalue weighted by molar-refractivity contribution is 7.90. The van der Waals surface area contributed by atoms with Gasteiger partial charge in [-0.15, -0.1) is 0 Å². The van der Waals surface area contributed by atoms with E-state index in [1.165, 1.54) is 30.9 Å². The van der Waals surface area contributed by atoms with Crippen molar-refractivity contribution in [3.63, 3.8) is 0 Å². The number of halogens is 3. The Labute approximate surface area is 330 Å². The van der Waals surface area contributed by atoms with Gasteiger partial charge < -0.3 is 25.4 Å². The number of carbonyl (C=O) groups excluding carboxylic acids is 5. The molecule has 1 aliphatic carbocycles. The molecule has 57 heavy (non-hydrogen) atoms. The molecular weight excluding hydrogens is 770 g/mol. The Kier molecular flexibility index (Phi) is 12.1. The second-order valence-corrected chi connectivity index (χ2v) is 18.2. The number of aromatic hydroxyl groups is 1. The summed E-state index contributed by atoms with van der Waals surface area (Å²) < 4.78 is 75.0. The number of ether oxygens (including phenoxy) is 1. The summed E-state index contributed by atoms with van der Waals surface area (Å²) in [5, 5.41) is 15.6. The van der Waals surface area contributed by atoms with Crippen molar-refractivity contribution in [1.29, 1.82) is 0 Å². The van der Waals surface area contributed by atoms with Gasteiger partial charge in [-0.1, -0.05) is 27.7 Å². The minimum absolute atomic E-state index is 0.0104. The fraction of sp³-hybridized carbons (Fsp3) is 0.575. The zero-order valence-electron chi connectivity index (χ0n) is 33.3. The molecule has 2 aromatic rings. The van der Waals surface area contributed by atoms with E-state index in [4.69, 9.17) is 4.74 Å². The van der Waals surface area contributed by atoms with Gasteiger partial charge in [0.15, 0.2) is 0 Å². The minimum Gasteiger partial charge on any atom is -0.507 e. The lowest BCUT2D eigenvalue weighted by Gasteiger charge is -2.51. The van der Waals surface area contributed by atoms with Gasteiger partial charge in [0, 0.05) is 17.2 Å². The van der Waals surface area contributed by atoms with Gasteiger partial charge in [0.1, 0.15) is 30.2 Å². The smallest absolute Gasteiger partial charge is 0.452 e. The Morgan fingerprint density at radius 2 is 1.46 bits per heavy atom. The van der Waals surface area contributed by atoms with Gasteiger partial charge in [-0.3, -0.25) is 24.0 Å². The van der Waals surface area contributed by atoms with Crippen LogP contribution in [0, 0.1) is 43.9 Å². The highest BCUT2D eigenvalue weighted by Gasteiger charge is 2.52. The van der Waals surface area contributed by atoms with Crippen molar-refractivity contribution in [3.05, 3.63) is 52.1 Å². The zero-order chi connectivity index (χ0) is 42.5. The number of alkyl halides is 3. The standard InChI is InChI=1S/C40H51F3N4O9S/c1-19(2)29(34(49)40(41,42)43)44-36(51)31-24-9-13-26(14-10-24)47(31)37(52)30(20(3)4)45-35(50)25-11-15-27(16-12-25)57(54,55)46-38(53)39(8)17-28-23(7)32(48)21(5)22(6)33(28)56-18-39/h11-12,15-16,19-20,24,26,29-31,48H,9-10,13-14,17-18H2,1-8H3,(H,44,51)(H,45,50)(H,46,53)/t24?,26?,29-,30-,31-,39?/m0/s1. The normalized spacial score (nSPS) is 23.0. The number of phenols is 1. The van der Waals surface area contributed by atoms with Crippen LogP contribution in [-0.2, 0) is 35.6 Å². The summed E-state index contributed by atoms with van der Waals surface area (Å²) in [7, 11) is -4.43. The highest BCUT2D eigenvalue weighted by Crippen LogP contribution is 2.44. The van der Waals surface area contributed by atoms with E-state index in [0.717, 1.165) is 17.7 Å². The lowest BCUT2D eigenvalue weighted by atomic mass is 9.73. The largest absolute Gasteiger partial charge is 0.507 e. The predicted molar refractivity (Wildman–Crippen MR) is 202 cm³/mol. The molecule has 2 aromatic carbocycles. The minimum atomic E-state index is -5.17. The molecule has 4 amide bonds. The highest BCUT2D eigenvalue weighted by atomic mass is 32.2. The van der Waals surface area contributed by atoms with E-state index >= 15 is 0 Å². The monoisotopic (exact) mass is 820 g/mol. The summed E-state index contributed by atoms with van der Waals surface area (Å²) in [5.74, 6) is -6.22. The fourth-order valence-corrected chi connectivity index (χ4v) is 9.24. The number of rotatable bonds is 11. The first kappa shape index (κ1) is 43.5. The van der Waals surface area contributed by atoms with Crippen LogP contribution in [0.15, 0.2) is 29.2 Å². The summed E-state index contributed by atoms with van der Waals surface area (Å²) in [4.78, 5) is 68.2. The quantitative estimate of drug-likeness (QED) is 0.252. The number of nitrogens with one attached hydrogen (secondary N) is 3. The molecule has 17 heteroatoms. The van der Waals surface area contributed by atoms with Crippen molar-refractivity contribution in [2.45, 2.75) is 123 Å². The number of ketones is 1. The molecule has 3 fully saturated rings. The van der Waals surface area contributed by atoms with Gasteiger partial charge in [0.05, 0.1) is 16.4 Å². The van der Waals surface area contributed by atoms with E-state index in [2.05, 4.69) is 15.4 Å². The number of carbonyl (C=O) groups is 5. The Balaban J connectivity index is 1.29. The van der Waals surface area contributed by atoms with E-state index in [-0.39, 0.29) is 35.2 Å². The van der Waals surface area contributed by atoms with Gasteiger partial charge in [0.2, 0.25) is 17.7 Å². The second-order valence-electron chi connectivity index (χ2n) is 16.6. The molecule has 4 atom stereocenters. The van der Waals surface area contributed by atoms with Crippen LogP contribution in [0.2, 0.25) is 0 Å². The lowest BCUT2D eigenvalue weighted by molar-refractivity contribution is -0.175. The third-order valence-electron chi connectivity index (χ3n) is 11.8. The number of nitrogens with zero attached hydrogens (tertiary/aromatic N) is 1. The van der Waals surface area contributed by atoms with E-state index in [9.17, 15) is 50.7 Å². The van der Waals surface area contributed by atoms with Crippen molar-refractivity contribution in [2.75, 3.05) is 6.61 Å². The Hall–Kier alpha value is -4.67. The van der Waals surface area contributed by atoms with Crippen LogP contribution in [-0.4, -0.2) is 84.8 Å². The molecule has 0 spiro atoms. The molecule has 0 radical (unpaired) electrons. The summed E-state index contributed by atoms with van der Waals surface area (Å²) in [6, 6.07) is 0.144. The number of fused-ring (bicyclic) bond motifs is 4. The molecule has 3 heterocycles. The number of phenolic OH excluding ortho intramolecular Hbond substituents is 1. The van der Waals surface area contributed by atoms with Crippen LogP contribution < -0.4 is 20.1 Å². The van der Waals surface area contributed by atoms with Crippen molar-refractivity contribution in [2.24, 2.45) is 23.2 Å². The number of Topliss-reactive ketones (excluding diaryl/α,β-unsaturated/α-hetero) is 1. The molecule has 2 saturated heterocycles. The number of hydrogen-bond acceptors (Lipinski definition) is 9. The SMILES string of the molecule is Cc1c(C)c2c(c(C)c1O)CC(C)(C(=O)NS(=O)(=O)c1ccc(C(=O)N[C@H](C(=O)N3C4CCC(CC4)[C@H]3C(=O)N[C@H](C(=O)C(F)(F)F)C(C)C)C(C)C)cc1)CO2. The van der Waals surface area contributed by atoms with Crippen molar-refractivity contribution < 1.29 is 55.4 Å². The molecule has 4 N–H and O–H groups in total. The number of piperidine rings is 2. The molecule has 6 rings (SSSR count). The maximum Gasteiger partial charge on any atom is 0.452 e. The zero-order valence-corrected chi connectivity index (χ0v) is 34.1. The molecule has 13 nitrogen and oxygen atoms in total. The lowest BCUT2D eigenvalue weighted by Crippen LogP contribution is -2.67. The molecule has 2 bridgehead atoms. The van der Waals surface area contributed by atoms with Crippen LogP contribution in [0.3, 0.4) is 0 Å². The predicted octanol–water partition coefficient (Wildman–Crippen LogP) is 4.56. The van der Waals surface area contributed by atoms with Crippen molar-refractivity contribution in [1.82, 2.24) is 20.3 Å². The third-order valence-corrected chi connectivity index (χ3v) is 13.1. The van der Waals surface area contributed by atoms with Crippen LogP contribution in [0.4, 0.5) is 13.2 Å². The summed E-state index contributed by atoms with van der Waals surface area (Å²) in [6.07, 6.45) is -2.83. The molecule has 4 aliphatic rings. The average Bonchev–Trinajstić information content (AvgIpc) is 3.15. The topological polar surface area (TPSA) is 188 Å². The van der Waals surface area contributed by atoms with Gasteiger partial charge in [-0.05, 0) is 119 Å². The molecule has 312 valence electrons. The first-order chi connectivity index (χ1) is 26.4. The summed E-state index contributed by atoms with van der Waals surface area (Å²) in [5.41, 5.74) is 1.20. The summed E-state index contributed by atoms with van der Waals surface area (Å²) >= 11 is 0. The van der Waals surface area contributed by atoms with Crippen LogP contribution >= 0.6 is 0 Å². The second kappa shape index (κ2) is 15.9. The molecule has 1 saturated carbocycles.